The van der Waals surface area contributed by atoms with Crippen molar-refractivity contribution in [2.45, 2.75) is 6.54 Å². The van der Waals surface area contributed by atoms with Crippen LogP contribution in [0.15, 0.2) is 46.9 Å². The first-order chi connectivity index (χ1) is 11.2. The molecule has 1 heterocycles. The molecular formula is C18H20BrFN2O. The lowest BCUT2D eigenvalue weighted by Gasteiger charge is -2.36. The van der Waals surface area contributed by atoms with Gasteiger partial charge in [-0.3, -0.25) is 4.90 Å². The first-order valence-corrected chi connectivity index (χ1v) is 8.51. The van der Waals surface area contributed by atoms with Crippen molar-refractivity contribution in [2.75, 3.05) is 38.2 Å². The highest BCUT2D eigenvalue weighted by Crippen LogP contribution is 2.26. The molecule has 3 rings (SSSR count). The lowest BCUT2D eigenvalue weighted by atomic mass is 10.2. The first kappa shape index (κ1) is 16.3. The number of methoxy groups -OCH3 is 1. The van der Waals surface area contributed by atoms with E-state index in [0.717, 1.165) is 42.9 Å². The van der Waals surface area contributed by atoms with E-state index in [1.807, 2.05) is 18.2 Å². The third kappa shape index (κ3) is 3.85. The van der Waals surface area contributed by atoms with E-state index >= 15 is 0 Å². The van der Waals surface area contributed by atoms with E-state index in [4.69, 9.17) is 4.74 Å². The quantitative estimate of drug-likeness (QED) is 0.801. The highest BCUT2D eigenvalue weighted by Gasteiger charge is 2.19. The molecule has 23 heavy (non-hydrogen) atoms. The predicted molar refractivity (Wildman–Crippen MR) is 94.6 cm³/mol. The zero-order valence-electron chi connectivity index (χ0n) is 13.1. The van der Waals surface area contributed by atoms with Gasteiger partial charge in [0, 0.05) is 32.7 Å². The maximum atomic E-state index is 13.9. The molecule has 0 unspecified atom stereocenters. The molecule has 1 saturated heterocycles. The van der Waals surface area contributed by atoms with Gasteiger partial charge < -0.3 is 9.64 Å². The lowest BCUT2D eigenvalue weighted by Crippen LogP contribution is -2.46. The van der Waals surface area contributed by atoms with E-state index in [1.54, 1.807) is 13.2 Å². The molecule has 0 N–H and O–H groups in total. The average Bonchev–Trinajstić information content (AvgIpc) is 2.56. The summed E-state index contributed by atoms with van der Waals surface area (Å²) in [6.45, 7) is 4.44. The molecule has 1 aliphatic heterocycles. The van der Waals surface area contributed by atoms with Crippen LogP contribution in [0.2, 0.25) is 0 Å². The summed E-state index contributed by atoms with van der Waals surface area (Å²) >= 11 is 3.53. The molecule has 0 spiro atoms. The molecule has 2 aromatic carbocycles. The fourth-order valence-electron chi connectivity index (χ4n) is 2.92. The van der Waals surface area contributed by atoms with Gasteiger partial charge in [0.2, 0.25) is 0 Å². The zero-order chi connectivity index (χ0) is 16.2. The SMILES string of the molecule is COc1ccc(CN2CCN(c3ccccc3F)CC2)cc1Br. The molecule has 122 valence electrons. The highest BCUT2D eigenvalue weighted by atomic mass is 79.9. The first-order valence-electron chi connectivity index (χ1n) is 7.71. The van der Waals surface area contributed by atoms with Crippen LogP contribution in [0.5, 0.6) is 5.75 Å². The summed E-state index contributed by atoms with van der Waals surface area (Å²) in [5, 5.41) is 0. The van der Waals surface area contributed by atoms with Crippen LogP contribution in [0.4, 0.5) is 10.1 Å². The molecule has 1 aliphatic rings. The number of piperazine rings is 1. The van der Waals surface area contributed by atoms with E-state index in [2.05, 4.69) is 37.9 Å². The molecule has 0 aromatic heterocycles. The van der Waals surface area contributed by atoms with Gasteiger partial charge in [0.15, 0.2) is 0 Å². The average molecular weight is 379 g/mol. The van der Waals surface area contributed by atoms with Gasteiger partial charge in [-0.05, 0) is 45.8 Å². The van der Waals surface area contributed by atoms with Gasteiger partial charge in [0.25, 0.3) is 0 Å². The smallest absolute Gasteiger partial charge is 0.146 e. The van der Waals surface area contributed by atoms with Gasteiger partial charge in [0.05, 0.1) is 17.3 Å². The van der Waals surface area contributed by atoms with Crippen molar-refractivity contribution >= 4 is 21.6 Å². The monoisotopic (exact) mass is 378 g/mol. The van der Waals surface area contributed by atoms with Crippen LogP contribution in [0.25, 0.3) is 0 Å². The Labute approximate surface area is 144 Å². The van der Waals surface area contributed by atoms with Crippen molar-refractivity contribution in [1.29, 1.82) is 0 Å². The number of nitrogens with zero attached hydrogens (tertiary/aromatic N) is 2. The van der Waals surface area contributed by atoms with Crippen LogP contribution in [0.1, 0.15) is 5.56 Å². The standard InChI is InChI=1S/C18H20BrFN2O/c1-23-18-7-6-14(12-15(18)19)13-21-8-10-22(11-9-21)17-5-3-2-4-16(17)20/h2-7,12H,8-11,13H2,1H3. The maximum absolute atomic E-state index is 13.9. The number of anilines is 1. The third-order valence-corrected chi connectivity index (χ3v) is 4.81. The second kappa shape index (κ2) is 7.32. The summed E-state index contributed by atoms with van der Waals surface area (Å²) in [6, 6.07) is 13.2. The Morgan fingerprint density at radius 3 is 2.48 bits per heavy atom. The van der Waals surface area contributed by atoms with Crippen LogP contribution in [0.3, 0.4) is 0 Å². The molecule has 2 aromatic rings. The van der Waals surface area contributed by atoms with E-state index in [1.165, 1.54) is 11.6 Å². The summed E-state index contributed by atoms with van der Waals surface area (Å²) in [7, 11) is 1.67. The number of ether oxygens (including phenoxy) is 1. The topological polar surface area (TPSA) is 15.7 Å². The van der Waals surface area contributed by atoms with Crippen LogP contribution in [-0.4, -0.2) is 38.2 Å². The largest absolute Gasteiger partial charge is 0.496 e. The summed E-state index contributed by atoms with van der Waals surface area (Å²) in [4.78, 5) is 4.52. The minimum atomic E-state index is -0.139. The Bertz CT molecular complexity index is 672. The molecule has 0 atom stereocenters. The summed E-state index contributed by atoms with van der Waals surface area (Å²) in [6.07, 6.45) is 0. The maximum Gasteiger partial charge on any atom is 0.146 e. The zero-order valence-corrected chi connectivity index (χ0v) is 14.7. The molecule has 0 radical (unpaired) electrons. The minimum Gasteiger partial charge on any atom is -0.496 e. The molecule has 0 aliphatic carbocycles. The van der Waals surface area contributed by atoms with Gasteiger partial charge in [-0.15, -0.1) is 0 Å². The van der Waals surface area contributed by atoms with Crippen molar-refractivity contribution in [3.05, 3.63) is 58.3 Å². The third-order valence-electron chi connectivity index (χ3n) is 4.19. The van der Waals surface area contributed by atoms with E-state index in [9.17, 15) is 4.39 Å². The Morgan fingerprint density at radius 1 is 1.09 bits per heavy atom. The second-order valence-electron chi connectivity index (χ2n) is 5.68. The lowest BCUT2D eigenvalue weighted by molar-refractivity contribution is 0.249. The van der Waals surface area contributed by atoms with Crippen LogP contribution in [0, 0.1) is 5.82 Å². The number of benzene rings is 2. The Morgan fingerprint density at radius 2 is 1.83 bits per heavy atom. The predicted octanol–water partition coefficient (Wildman–Crippen LogP) is 3.92. The van der Waals surface area contributed by atoms with Gasteiger partial charge in [-0.25, -0.2) is 4.39 Å². The summed E-state index contributed by atoms with van der Waals surface area (Å²) in [5.41, 5.74) is 1.95. The number of hydrogen-bond donors (Lipinski definition) is 0. The van der Waals surface area contributed by atoms with E-state index < -0.39 is 0 Å². The van der Waals surface area contributed by atoms with Crippen LogP contribution >= 0.6 is 15.9 Å². The molecule has 5 heteroatoms. The van der Waals surface area contributed by atoms with E-state index in [0.29, 0.717) is 5.69 Å². The Hall–Kier alpha value is -1.59. The fourth-order valence-corrected chi connectivity index (χ4v) is 3.51. The van der Waals surface area contributed by atoms with Crippen molar-refractivity contribution in [3.63, 3.8) is 0 Å². The van der Waals surface area contributed by atoms with Gasteiger partial charge in [-0.2, -0.15) is 0 Å². The fraction of sp³-hybridized carbons (Fsp3) is 0.333. The van der Waals surface area contributed by atoms with E-state index in [-0.39, 0.29) is 5.82 Å². The number of hydrogen-bond acceptors (Lipinski definition) is 3. The highest BCUT2D eigenvalue weighted by molar-refractivity contribution is 9.10. The van der Waals surface area contributed by atoms with Crippen molar-refractivity contribution in [1.82, 2.24) is 4.90 Å². The number of rotatable bonds is 4. The van der Waals surface area contributed by atoms with Crippen molar-refractivity contribution < 1.29 is 9.13 Å². The Balaban J connectivity index is 1.59. The van der Waals surface area contributed by atoms with Gasteiger partial charge in [-0.1, -0.05) is 18.2 Å². The Kier molecular flexibility index (Phi) is 5.18. The normalized spacial score (nSPS) is 15.7. The molecule has 1 fully saturated rings. The van der Waals surface area contributed by atoms with Crippen LogP contribution < -0.4 is 9.64 Å². The second-order valence-corrected chi connectivity index (χ2v) is 6.54. The van der Waals surface area contributed by atoms with Gasteiger partial charge in [0.1, 0.15) is 11.6 Å². The minimum absolute atomic E-state index is 0.139. The molecular weight excluding hydrogens is 359 g/mol. The number of halogens is 2. The van der Waals surface area contributed by atoms with Crippen molar-refractivity contribution in [3.8, 4) is 5.75 Å². The molecule has 3 nitrogen and oxygen atoms in total. The van der Waals surface area contributed by atoms with Crippen LogP contribution in [-0.2, 0) is 6.54 Å². The summed E-state index contributed by atoms with van der Waals surface area (Å²) < 4.78 is 20.1. The van der Waals surface area contributed by atoms with Gasteiger partial charge >= 0.3 is 0 Å². The summed E-state index contributed by atoms with van der Waals surface area (Å²) in [5.74, 6) is 0.707. The molecule has 0 bridgehead atoms. The number of para-hydroxylation sites is 1. The van der Waals surface area contributed by atoms with Crippen molar-refractivity contribution in [2.24, 2.45) is 0 Å². The molecule has 0 saturated carbocycles. The molecule has 0 amide bonds.